The van der Waals surface area contributed by atoms with Gasteiger partial charge in [-0.1, -0.05) is 40.0 Å². The Balaban J connectivity index is 2.24. The first-order chi connectivity index (χ1) is 9.22. The van der Waals surface area contributed by atoms with Crippen molar-refractivity contribution in [1.29, 1.82) is 0 Å². The fourth-order valence-corrected chi connectivity index (χ4v) is 5.81. The van der Waals surface area contributed by atoms with E-state index in [4.69, 9.17) is 4.43 Å². The summed E-state index contributed by atoms with van der Waals surface area (Å²) in [5.41, 5.74) is 0.0902. The molecular formula is C17H34O2Si. The zero-order valence-electron chi connectivity index (χ0n) is 14.2. The highest BCUT2D eigenvalue weighted by molar-refractivity contribution is 6.74. The van der Waals surface area contributed by atoms with Gasteiger partial charge < -0.3 is 9.53 Å². The molecule has 2 nitrogen and oxygen atoms in total. The molecule has 1 N–H and O–H groups in total. The predicted octanol–water partition coefficient (Wildman–Crippen LogP) is 4.73. The largest absolute Gasteiger partial charge is 0.411 e. The molecule has 2 fully saturated rings. The second-order valence-electron chi connectivity index (χ2n) is 8.61. The Hall–Kier alpha value is 0.137. The van der Waals surface area contributed by atoms with Crippen LogP contribution in [0.5, 0.6) is 0 Å². The molecule has 2 aliphatic rings. The molecule has 3 atom stereocenters. The number of aliphatic hydroxyl groups is 1. The molecule has 0 aromatic carbocycles. The van der Waals surface area contributed by atoms with Crippen LogP contribution < -0.4 is 0 Å². The maximum absolute atomic E-state index is 9.76. The Morgan fingerprint density at radius 1 is 1.10 bits per heavy atom. The molecule has 0 radical (unpaired) electrons. The van der Waals surface area contributed by atoms with E-state index < -0.39 is 8.32 Å². The molecule has 0 bridgehead atoms. The van der Waals surface area contributed by atoms with Crippen LogP contribution in [-0.2, 0) is 4.43 Å². The van der Waals surface area contributed by atoms with Crippen molar-refractivity contribution in [2.45, 2.75) is 89.5 Å². The monoisotopic (exact) mass is 298 g/mol. The summed E-state index contributed by atoms with van der Waals surface area (Å²) in [6.45, 7) is 12.1. The molecule has 0 unspecified atom stereocenters. The fourth-order valence-electron chi connectivity index (χ4n) is 4.13. The van der Waals surface area contributed by atoms with E-state index in [1.165, 1.54) is 44.9 Å². The van der Waals surface area contributed by atoms with Crippen LogP contribution in [0, 0.1) is 11.8 Å². The Morgan fingerprint density at radius 2 is 1.75 bits per heavy atom. The summed E-state index contributed by atoms with van der Waals surface area (Å²) in [5, 5.41) is 10.0. The second-order valence-corrected chi connectivity index (χ2v) is 13.3. The van der Waals surface area contributed by atoms with Crippen molar-refractivity contribution in [2.75, 3.05) is 6.61 Å². The Labute approximate surface area is 126 Å². The minimum atomic E-state index is -1.73. The standard InChI is InChI=1S/C17H34O2Si/c1-16(2,3)20(4,5)19-17-11-7-6-10-15(17)14(13-18)9-8-12-17/h14-15,18H,6-13H2,1-5H3/t14-,15-,17-/m1/s1. The number of hydrogen-bond acceptors (Lipinski definition) is 2. The maximum atomic E-state index is 9.76. The first-order valence-electron chi connectivity index (χ1n) is 8.53. The molecule has 118 valence electrons. The highest BCUT2D eigenvalue weighted by Gasteiger charge is 2.52. The minimum absolute atomic E-state index is 0.0902. The number of fused-ring (bicyclic) bond motifs is 1. The minimum Gasteiger partial charge on any atom is -0.411 e. The van der Waals surface area contributed by atoms with E-state index in [9.17, 15) is 5.11 Å². The molecule has 0 amide bonds. The number of rotatable bonds is 3. The highest BCUT2D eigenvalue weighted by atomic mass is 28.4. The third kappa shape index (κ3) is 3.00. The second kappa shape index (κ2) is 5.73. The molecule has 0 aromatic rings. The quantitative estimate of drug-likeness (QED) is 0.763. The van der Waals surface area contributed by atoms with E-state index in [0.717, 1.165) is 0 Å². The van der Waals surface area contributed by atoms with E-state index in [1.54, 1.807) is 0 Å². The fraction of sp³-hybridized carbons (Fsp3) is 1.00. The first kappa shape index (κ1) is 16.5. The van der Waals surface area contributed by atoms with E-state index in [1.807, 2.05) is 0 Å². The van der Waals surface area contributed by atoms with E-state index in [2.05, 4.69) is 33.9 Å². The first-order valence-corrected chi connectivity index (χ1v) is 11.4. The topological polar surface area (TPSA) is 29.5 Å². The van der Waals surface area contributed by atoms with E-state index >= 15 is 0 Å². The summed E-state index contributed by atoms with van der Waals surface area (Å²) in [6, 6.07) is 0. The lowest BCUT2D eigenvalue weighted by Crippen LogP contribution is -2.57. The van der Waals surface area contributed by atoms with Crippen LogP contribution in [-0.4, -0.2) is 25.6 Å². The van der Waals surface area contributed by atoms with Crippen molar-refractivity contribution in [2.24, 2.45) is 11.8 Å². The van der Waals surface area contributed by atoms with Crippen LogP contribution in [0.15, 0.2) is 0 Å². The summed E-state index contributed by atoms with van der Waals surface area (Å²) < 4.78 is 6.99. The van der Waals surface area contributed by atoms with Gasteiger partial charge in [-0.15, -0.1) is 0 Å². The molecule has 0 aromatic heterocycles. The lowest BCUT2D eigenvalue weighted by molar-refractivity contribution is -0.0970. The van der Waals surface area contributed by atoms with Crippen molar-refractivity contribution >= 4 is 8.32 Å². The van der Waals surface area contributed by atoms with Crippen molar-refractivity contribution in [3.05, 3.63) is 0 Å². The van der Waals surface area contributed by atoms with Crippen molar-refractivity contribution in [1.82, 2.24) is 0 Å². The van der Waals surface area contributed by atoms with Gasteiger partial charge in [-0.05, 0) is 55.7 Å². The van der Waals surface area contributed by atoms with Gasteiger partial charge in [-0.3, -0.25) is 0 Å². The van der Waals surface area contributed by atoms with Crippen molar-refractivity contribution in [3.63, 3.8) is 0 Å². The molecule has 0 aliphatic heterocycles. The van der Waals surface area contributed by atoms with Crippen LogP contribution in [0.1, 0.15) is 65.7 Å². The van der Waals surface area contributed by atoms with Crippen LogP contribution in [0.25, 0.3) is 0 Å². The zero-order chi connectivity index (χ0) is 15.0. The van der Waals surface area contributed by atoms with Crippen LogP contribution >= 0.6 is 0 Å². The number of hydrogen-bond donors (Lipinski definition) is 1. The van der Waals surface area contributed by atoms with E-state index in [-0.39, 0.29) is 10.6 Å². The Morgan fingerprint density at radius 3 is 2.35 bits per heavy atom. The SMILES string of the molecule is CC(C)(C)[Si](C)(C)O[C@@]12CCCC[C@@H]1[C@@H](CO)CCC2. The maximum Gasteiger partial charge on any atom is 0.192 e. The van der Waals surface area contributed by atoms with Crippen LogP contribution in [0.4, 0.5) is 0 Å². The van der Waals surface area contributed by atoms with Gasteiger partial charge in [0, 0.05) is 6.61 Å². The molecule has 0 saturated heterocycles. The van der Waals surface area contributed by atoms with Crippen molar-refractivity contribution in [3.8, 4) is 0 Å². The van der Waals surface area contributed by atoms with E-state index in [0.29, 0.717) is 18.4 Å². The molecule has 2 rings (SSSR count). The van der Waals surface area contributed by atoms with Gasteiger partial charge >= 0.3 is 0 Å². The molecule has 3 heteroatoms. The van der Waals surface area contributed by atoms with Crippen LogP contribution in [0.3, 0.4) is 0 Å². The van der Waals surface area contributed by atoms with Gasteiger partial charge in [0.25, 0.3) is 0 Å². The average Bonchev–Trinajstić information content (AvgIpc) is 2.35. The van der Waals surface area contributed by atoms with Gasteiger partial charge in [0.1, 0.15) is 0 Å². The summed E-state index contributed by atoms with van der Waals surface area (Å²) in [7, 11) is -1.73. The normalized spacial score (nSPS) is 35.7. The third-order valence-electron chi connectivity index (χ3n) is 6.28. The molecule has 2 aliphatic carbocycles. The van der Waals surface area contributed by atoms with Gasteiger partial charge in [0.15, 0.2) is 8.32 Å². The molecule has 20 heavy (non-hydrogen) atoms. The summed E-state index contributed by atoms with van der Waals surface area (Å²) in [6.07, 6.45) is 8.77. The molecular weight excluding hydrogens is 264 g/mol. The predicted molar refractivity (Wildman–Crippen MR) is 87.4 cm³/mol. The molecule has 0 spiro atoms. The lowest BCUT2D eigenvalue weighted by atomic mass is 9.63. The molecule has 0 heterocycles. The lowest BCUT2D eigenvalue weighted by Gasteiger charge is -2.55. The van der Waals surface area contributed by atoms with Crippen LogP contribution in [0.2, 0.25) is 18.1 Å². The van der Waals surface area contributed by atoms with Crippen molar-refractivity contribution < 1.29 is 9.53 Å². The van der Waals surface area contributed by atoms with Gasteiger partial charge in [-0.2, -0.15) is 0 Å². The Kier molecular flexibility index (Phi) is 4.73. The highest BCUT2D eigenvalue weighted by Crippen LogP contribution is 2.52. The summed E-state index contributed by atoms with van der Waals surface area (Å²) in [5.74, 6) is 1.08. The van der Waals surface area contributed by atoms with Gasteiger partial charge in [0.2, 0.25) is 0 Å². The average molecular weight is 299 g/mol. The van der Waals surface area contributed by atoms with Gasteiger partial charge in [-0.25, -0.2) is 0 Å². The molecule has 2 saturated carbocycles. The van der Waals surface area contributed by atoms with Gasteiger partial charge in [0.05, 0.1) is 5.60 Å². The third-order valence-corrected chi connectivity index (χ3v) is 10.8. The zero-order valence-corrected chi connectivity index (χ0v) is 15.2. The number of aliphatic hydroxyl groups excluding tert-OH is 1. The Bertz CT molecular complexity index is 330. The summed E-state index contributed by atoms with van der Waals surface area (Å²) >= 11 is 0. The smallest absolute Gasteiger partial charge is 0.192 e. The summed E-state index contributed by atoms with van der Waals surface area (Å²) in [4.78, 5) is 0.